The minimum Gasteiger partial charge on any atom is -0.465 e. The van der Waals surface area contributed by atoms with E-state index in [1.54, 1.807) is 19.2 Å². The largest absolute Gasteiger partial charge is 0.465 e. The Balaban J connectivity index is 2.26. The Bertz CT molecular complexity index is 632. The molecule has 0 aromatic carbocycles. The number of aromatic nitrogens is 3. The molecule has 0 atom stereocenters. The first-order chi connectivity index (χ1) is 9.02. The third kappa shape index (κ3) is 2.63. The Kier molecular flexibility index (Phi) is 3.61. The molecule has 2 aromatic rings. The van der Waals surface area contributed by atoms with Gasteiger partial charge in [0.25, 0.3) is 5.91 Å². The van der Waals surface area contributed by atoms with Crippen LogP contribution >= 0.6 is 11.3 Å². The second-order valence-corrected chi connectivity index (χ2v) is 4.69. The van der Waals surface area contributed by atoms with Gasteiger partial charge in [-0.2, -0.15) is 0 Å². The van der Waals surface area contributed by atoms with E-state index in [-0.39, 0.29) is 5.82 Å². The molecule has 7 nitrogen and oxygen atoms in total. The summed E-state index contributed by atoms with van der Waals surface area (Å²) in [7, 11) is 1.29. The van der Waals surface area contributed by atoms with Gasteiger partial charge in [-0.05, 0) is 24.8 Å². The summed E-state index contributed by atoms with van der Waals surface area (Å²) in [6, 6.07) is 0. The number of hydrogen-bond donors (Lipinski definition) is 2. The second kappa shape index (κ2) is 5.19. The lowest BCUT2D eigenvalue weighted by Crippen LogP contribution is -2.16. The van der Waals surface area contributed by atoms with Gasteiger partial charge in [0.1, 0.15) is 10.7 Å². The number of nitrogens with zero attached hydrogens (tertiary/aromatic N) is 2. The third-order valence-electron chi connectivity index (χ3n) is 2.38. The van der Waals surface area contributed by atoms with Gasteiger partial charge < -0.3 is 10.1 Å². The molecule has 2 heterocycles. The smallest absolute Gasteiger partial charge is 0.350 e. The van der Waals surface area contributed by atoms with Gasteiger partial charge in [-0.25, -0.2) is 9.78 Å². The molecule has 2 N–H and O–H groups in total. The second-order valence-electron chi connectivity index (χ2n) is 3.81. The van der Waals surface area contributed by atoms with Gasteiger partial charge in [-0.15, -0.1) is 16.4 Å². The van der Waals surface area contributed by atoms with E-state index in [1.807, 2.05) is 0 Å². The van der Waals surface area contributed by atoms with Gasteiger partial charge in [-0.3, -0.25) is 9.89 Å². The van der Waals surface area contributed by atoms with E-state index in [2.05, 4.69) is 25.2 Å². The number of hydrogen-bond acceptors (Lipinski definition) is 6. The first kappa shape index (κ1) is 13.2. The molecule has 0 aliphatic carbocycles. The highest BCUT2D eigenvalue weighted by Crippen LogP contribution is 2.28. The van der Waals surface area contributed by atoms with E-state index in [4.69, 9.17) is 0 Å². The van der Waals surface area contributed by atoms with Crippen LogP contribution in [-0.4, -0.2) is 34.2 Å². The van der Waals surface area contributed by atoms with Crippen LogP contribution in [0.25, 0.3) is 0 Å². The van der Waals surface area contributed by atoms with Crippen molar-refractivity contribution in [3.63, 3.8) is 0 Å². The summed E-state index contributed by atoms with van der Waals surface area (Å²) < 4.78 is 4.66. The summed E-state index contributed by atoms with van der Waals surface area (Å²) in [6.45, 7) is 3.49. The number of methoxy groups -OCH3 is 1. The normalized spacial score (nSPS) is 10.3. The number of carbonyl (C=O) groups is 2. The average Bonchev–Trinajstić information content (AvgIpc) is 2.96. The zero-order valence-electron chi connectivity index (χ0n) is 10.6. The molecule has 0 aliphatic heterocycles. The van der Waals surface area contributed by atoms with Gasteiger partial charge >= 0.3 is 5.97 Å². The molecule has 0 saturated carbocycles. The number of thiophene rings is 1. The molecule has 0 fully saturated rings. The minimum absolute atomic E-state index is 0.0268. The van der Waals surface area contributed by atoms with Crippen LogP contribution in [0.2, 0.25) is 0 Å². The number of amides is 1. The van der Waals surface area contributed by atoms with Crippen molar-refractivity contribution < 1.29 is 14.3 Å². The minimum atomic E-state index is -0.487. The molecule has 19 heavy (non-hydrogen) atoms. The lowest BCUT2D eigenvalue weighted by molar-refractivity contribution is 0.0607. The number of rotatable bonds is 3. The van der Waals surface area contributed by atoms with E-state index in [0.717, 1.165) is 5.56 Å². The molecule has 2 rings (SSSR count). The van der Waals surface area contributed by atoms with Crippen molar-refractivity contribution in [3.8, 4) is 0 Å². The molecule has 0 bridgehead atoms. The number of nitrogens with one attached hydrogen (secondary N) is 2. The Morgan fingerprint density at radius 2 is 2.16 bits per heavy atom. The van der Waals surface area contributed by atoms with Crippen LogP contribution in [-0.2, 0) is 4.74 Å². The predicted octanol–water partition coefficient (Wildman–Crippen LogP) is 1.52. The summed E-state index contributed by atoms with van der Waals surface area (Å²) in [6.07, 6.45) is 0. The molecule has 0 spiro atoms. The number of aryl methyl sites for hydroxylation is 2. The first-order valence-corrected chi connectivity index (χ1v) is 6.27. The number of H-pyrrole nitrogens is 1. The summed E-state index contributed by atoms with van der Waals surface area (Å²) in [5.41, 5.74) is 1.22. The monoisotopic (exact) mass is 280 g/mol. The molecule has 2 aromatic heterocycles. The van der Waals surface area contributed by atoms with Crippen molar-refractivity contribution in [2.75, 3.05) is 12.4 Å². The topological polar surface area (TPSA) is 97.0 Å². The number of ether oxygens (including phenoxy) is 1. The summed E-state index contributed by atoms with van der Waals surface area (Å²) >= 11 is 1.21. The van der Waals surface area contributed by atoms with E-state index >= 15 is 0 Å². The molecule has 0 radical (unpaired) electrons. The zero-order chi connectivity index (χ0) is 14.0. The van der Waals surface area contributed by atoms with Crippen molar-refractivity contribution >= 4 is 28.9 Å². The highest BCUT2D eigenvalue weighted by Gasteiger charge is 2.20. The van der Waals surface area contributed by atoms with Crippen molar-refractivity contribution in [1.29, 1.82) is 0 Å². The molecule has 8 heteroatoms. The number of anilines is 1. The lowest BCUT2D eigenvalue weighted by Gasteiger charge is -2.04. The Morgan fingerprint density at radius 3 is 2.74 bits per heavy atom. The molecule has 0 aliphatic rings. The van der Waals surface area contributed by atoms with Gasteiger partial charge in [-0.1, -0.05) is 0 Å². The van der Waals surface area contributed by atoms with Crippen LogP contribution < -0.4 is 5.32 Å². The maximum absolute atomic E-state index is 11.9. The van der Waals surface area contributed by atoms with E-state index in [0.29, 0.717) is 16.4 Å². The number of esters is 1. The van der Waals surface area contributed by atoms with Gasteiger partial charge in [0, 0.05) is 0 Å². The zero-order valence-corrected chi connectivity index (χ0v) is 11.4. The van der Waals surface area contributed by atoms with Crippen LogP contribution in [0.1, 0.15) is 31.7 Å². The Morgan fingerprint density at radius 1 is 1.42 bits per heavy atom. The van der Waals surface area contributed by atoms with Crippen LogP contribution in [0.3, 0.4) is 0 Å². The highest BCUT2D eigenvalue weighted by molar-refractivity contribution is 7.12. The standard InChI is InChI=1S/C11H12N4O3S/c1-5-4-19-8(11(17)18-3)7(5)13-10(16)9-12-6(2)14-15-9/h4H,1-3H3,(H,13,16)(H,12,14,15). The fourth-order valence-electron chi connectivity index (χ4n) is 1.46. The van der Waals surface area contributed by atoms with Crippen molar-refractivity contribution in [2.45, 2.75) is 13.8 Å². The number of aromatic amines is 1. The maximum atomic E-state index is 11.9. The molecule has 100 valence electrons. The Labute approximate surface area is 113 Å². The van der Waals surface area contributed by atoms with Crippen LogP contribution in [0, 0.1) is 13.8 Å². The summed E-state index contributed by atoms with van der Waals surface area (Å²) in [4.78, 5) is 27.8. The van der Waals surface area contributed by atoms with Crippen molar-refractivity contribution in [3.05, 3.63) is 27.5 Å². The van der Waals surface area contributed by atoms with E-state index in [1.165, 1.54) is 18.4 Å². The van der Waals surface area contributed by atoms with Crippen LogP contribution in [0.4, 0.5) is 5.69 Å². The quantitative estimate of drug-likeness (QED) is 0.831. The molecular formula is C11H12N4O3S. The first-order valence-electron chi connectivity index (χ1n) is 5.39. The fourth-order valence-corrected chi connectivity index (χ4v) is 2.38. The van der Waals surface area contributed by atoms with Gasteiger partial charge in [0.05, 0.1) is 12.8 Å². The summed E-state index contributed by atoms with van der Waals surface area (Å²) in [5, 5.41) is 10.7. The molecule has 0 unspecified atom stereocenters. The maximum Gasteiger partial charge on any atom is 0.350 e. The molecular weight excluding hydrogens is 268 g/mol. The average molecular weight is 280 g/mol. The Hall–Kier alpha value is -2.22. The lowest BCUT2D eigenvalue weighted by atomic mass is 10.2. The number of carbonyl (C=O) groups excluding carboxylic acids is 2. The third-order valence-corrected chi connectivity index (χ3v) is 3.46. The van der Waals surface area contributed by atoms with Crippen LogP contribution in [0.15, 0.2) is 5.38 Å². The van der Waals surface area contributed by atoms with E-state index < -0.39 is 11.9 Å². The van der Waals surface area contributed by atoms with Crippen molar-refractivity contribution in [1.82, 2.24) is 15.2 Å². The molecule has 0 saturated heterocycles. The summed E-state index contributed by atoms with van der Waals surface area (Å²) in [5.74, 6) is -0.394. The van der Waals surface area contributed by atoms with E-state index in [9.17, 15) is 9.59 Å². The molecule has 1 amide bonds. The van der Waals surface area contributed by atoms with Gasteiger partial charge in [0.2, 0.25) is 5.82 Å². The van der Waals surface area contributed by atoms with Crippen LogP contribution in [0.5, 0.6) is 0 Å². The predicted molar refractivity (Wildman–Crippen MR) is 69.5 cm³/mol. The SMILES string of the molecule is COC(=O)c1scc(C)c1NC(=O)c1n[nH]c(C)n1. The van der Waals surface area contributed by atoms with Gasteiger partial charge in [0.15, 0.2) is 0 Å². The van der Waals surface area contributed by atoms with Crippen molar-refractivity contribution in [2.24, 2.45) is 0 Å². The highest BCUT2D eigenvalue weighted by atomic mass is 32.1. The fraction of sp³-hybridized carbons (Fsp3) is 0.273.